The molecule has 6 unspecified atom stereocenters. The molecule has 198 valence electrons. The molecule has 0 heterocycles. The standard InChI is InChI=1S/C30H50N2O3/c1-25(2)12-14-30(24(35)32-31)15-13-28(6)18(19(30)16-25)8-9-22-27(5)17-20(33)23(34)26(3,4)21(27)10-11-29(22,28)7/h8,19-23,33-34H,9-17,31H2,1-7H3,(H,32,35)/t19?,20?,21?,22?,23?,27-,28+,29+,30?/m0/s1. The summed E-state index contributed by atoms with van der Waals surface area (Å²) in [4.78, 5) is 13.3. The minimum atomic E-state index is -0.668. The highest BCUT2D eigenvalue weighted by molar-refractivity contribution is 5.83. The molecule has 35 heavy (non-hydrogen) atoms. The summed E-state index contributed by atoms with van der Waals surface area (Å²) >= 11 is 0. The number of aliphatic hydroxyl groups is 2. The van der Waals surface area contributed by atoms with Gasteiger partial charge in [0.05, 0.1) is 17.6 Å². The van der Waals surface area contributed by atoms with Crippen molar-refractivity contribution in [2.45, 2.75) is 118 Å². The number of fused-ring (bicyclic) bond motifs is 7. The zero-order valence-corrected chi connectivity index (χ0v) is 23.2. The minimum Gasteiger partial charge on any atom is -0.390 e. The Hall–Kier alpha value is -0.910. The molecular weight excluding hydrogens is 436 g/mol. The van der Waals surface area contributed by atoms with Crippen LogP contribution in [-0.2, 0) is 4.79 Å². The average molecular weight is 487 g/mol. The van der Waals surface area contributed by atoms with E-state index in [1.807, 2.05) is 0 Å². The molecular formula is C30H50N2O3. The Balaban J connectivity index is 1.61. The van der Waals surface area contributed by atoms with Crippen LogP contribution in [-0.4, -0.2) is 28.3 Å². The van der Waals surface area contributed by atoms with Crippen molar-refractivity contribution in [2.75, 3.05) is 0 Å². The van der Waals surface area contributed by atoms with Crippen LogP contribution < -0.4 is 11.3 Å². The van der Waals surface area contributed by atoms with Crippen molar-refractivity contribution in [3.05, 3.63) is 11.6 Å². The summed E-state index contributed by atoms with van der Waals surface area (Å²) in [5.41, 5.74) is 3.75. The third-order valence-electron chi connectivity index (χ3n) is 13.2. The van der Waals surface area contributed by atoms with Crippen molar-refractivity contribution in [3.8, 4) is 0 Å². The van der Waals surface area contributed by atoms with Gasteiger partial charge in [0, 0.05) is 0 Å². The van der Waals surface area contributed by atoms with Gasteiger partial charge in [0.25, 0.3) is 0 Å². The molecule has 0 aromatic heterocycles. The summed E-state index contributed by atoms with van der Waals surface area (Å²) in [6.45, 7) is 16.5. The van der Waals surface area contributed by atoms with Crippen molar-refractivity contribution in [1.29, 1.82) is 0 Å². The van der Waals surface area contributed by atoms with Gasteiger partial charge in [-0.1, -0.05) is 60.1 Å². The summed E-state index contributed by atoms with van der Waals surface area (Å²) in [6, 6.07) is 0. The van der Waals surface area contributed by atoms with Gasteiger partial charge in [0.15, 0.2) is 0 Å². The van der Waals surface area contributed by atoms with Gasteiger partial charge in [0.2, 0.25) is 5.91 Å². The van der Waals surface area contributed by atoms with Crippen LogP contribution in [0.25, 0.3) is 0 Å². The van der Waals surface area contributed by atoms with E-state index in [2.05, 4.69) is 60.0 Å². The first-order valence-corrected chi connectivity index (χ1v) is 14.2. The lowest BCUT2D eigenvalue weighted by Gasteiger charge is -2.71. The Labute approximate surface area is 212 Å². The summed E-state index contributed by atoms with van der Waals surface area (Å²) in [5, 5.41) is 21.9. The number of carbonyl (C=O) groups is 1. The number of hydrogen-bond acceptors (Lipinski definition) is 4. The number of amides is 1. The molecule has 0 aliphatic heterocycles. The average Bonchev–Trinajstić information content (AvgIpc) is 2.77. The van der Waals surface area contributed by atoms with E-state index < -0.39 is 12.2 Å². The van der Waals surface area contributed by atoms with Crippen molar-refractivity contribution < 1.29 is 15.0 Å². The summed E-state index contributed by atoms with van der Waals surface area (Å²) in [6.07, 6.45) is 10.1. The molecule has 5 rings (SSSR count). The van der Waals surface area contributed by atoms with Crippen molar-refractivity contribution in [2.24, 2.45) is 56.1 Å². The third kappa shape index (κ3) is 3.13. The Bertz CT molecular complexity index is 942. The number of hydrazine groups is 1. The molecule has 0 aromatic carbocycles. The lowest BCUT2D eigenvalue weighted by Crippen LogP contribution is -2.67. The van der Waals surface area contributed by atoms with Crippen molar-refractivity contribution in [3.63, 3.8) is 0 Å². The molecule has 0 aromatic rings. The maximum Gasteiger partial charge on any atom is 0.240 e. The Morgan fingerprint density at radius 2 is 1.60 bits per heavy atom. The second-order valence-electron chi connectivity index (χ2n) is 15.4. The number of aliphatic hydroxyl groups excluding tert-OH is 2. The fourth-order valence-corrected chi connectivity index (χ4v) is 10.9. The number of carbonyl (C=O) groups excluding carboxylic acids is 1. The minimum absolute atomic E-state index is 0.0187. The smallest absolute Gasteiger partial charge is 0.240 e. The van der Waals surface area contributed by atoms with Crippen LogP contribution in [0.1, 0.15) is 106 Å². The maximum absolute atomic E-state index is 13.3. The molecule has 5 aliphatic rings. The van der Waals surface area contributed by atoms with E-state index in [1.165, 1.54) is 5.57 Å². The van der Waals surface area contributed by atoms with E-state index >= 15 is 0 Å². The highest BCUT2D eigenvalue weighted by Crippen LogP contribution is 2.75. The Kier molecular flexibility index (Phi) is 5.56. The quantitative estimate of drug-likeness (QED) is 0.179. The first kappa shape index (κ1) is 25.7. The van der Waals surface area contributed by atoms with E-state index in [4.69, 9.17) is 5.84 Å². The van der Waals surface area contributed by atoms with Gasteiger partial charge in [-0.25, -0.2) is 5.84 Å². The van der Waals surface area contributed by atoms with Crippen LogP contribution in [0.4, 0.5) is 0 Å². The van der Waals surface area contributed by atoms with Gasteiger partial charge in [-0.2, -0.15) is 0 Å². The van der Waals surface area contributed by atoms with E-state index in [1.54, 1.807) is 0 Å². The van der Waals surface area contributed by atoms with E-state index in [0.29, 0.717) is 18.3 Å². The molecule has 5 aliphatic carbocycles. The van der Waals surface area contributed by atoms with Gasteiger partial charge < -0.3 is 10.2 Å². The topological polar surface area (TPSA) is 95.6 Å². The van der Waals surface area contributed by atoms with Gasteiger partial charge in [-0.05, 0) is 103 Å². The van der Waals surface area contributed by atoms with Gasteiger partial charge in [-0.15, -0.1) is 0 Å². The fourth-order valence-electron chi connectivity index (χ4n) is 10.9. The normalized spacial score (nSPS) is 52.2. The molecule has 0 bridgehead atoms. The number of nitrogens with two attached hydrogens (primary N) is 1. The van der Waals surface area contributed by atoms with Crippen molar-refractivity contribution >= 4 is 5.91 Å². The molecule has 5 N–H and O–H groups in total. The summed E-state index contributed by atoms with van der Waals surface area (Å²) in [5.74, 6) is 6.91. The van der Waals surface area contributed by atoms with E-state index in [9.17, 15) is 15.0 Å². The largest absolute Gasteiger partial charge is 0.390 e. The monoisotopic (exact) mass is 486 g/mol. The van der Waals surface area contributed by atoms with Crippen LogP contribution in [0.15, 0.2) is 11.6 Å². The van der Waals surface area contributed by atoms with E-state index in [0.717, 1.165) is 51.4 Å². The predicted octanol–water partition coefficient (Wildman–Crippen LogP) is 5.11. The number of nitrogens with one attached hydrogen (secondary N) is 1. The van der Waals surface area contributed by atoms with Gasteiger partial charge >= 0.3 is 0 Å². The van der Waals surface area contributed by atoms with Gasteiger partial charge in [-0.3, -0.25) is 10.2 Å². The SMILES string of the molecule is CC1(C)CCC2(C(=O)NN)CC[C@]3(C)C(=CCC4[C@@]5(C)CC(O)C(O)C(C)(C)C5CC[C@]43C)C2C1. The molecule has 0 saturated heterocycles. The molecule has 1 amide bonds. The second-order valence-corrected chi connectivity index (χ2v) is 15.4. The molecule has 9 atom stereocenters. The lowest BCUT2D eigenvalue weighted by molar-refractivity contribution is -0.231. The van der Waals surface area contributed by atoms with Crippen LogP contribution in [0, 0.1) is 50.2 Å². The zero-order chi connectivity index (χ0) is 25.8. The number of rotatable bonds is 1. The number of hydrogen-bond donors (Lipinski definition) is 4. The lowest BCUT2D eigenvalue weighted by atomic mass is 9.33. The molecule has 4 fully saturated rings. The Morgan fingerprint density at radius 1 is 0.943 bits per heavy atom. The highest BCUT2D eigenvalue weighted by Gasteiger charge is 2.69. The molecule has 5 heteroatoms. The first-order chi connectivity index (χ1) is 16.1. The van der Waals surface area contributed by atoms with Crippen LogP contribution in [0.5, 0.6) is 0 Å². The zero-order valence-electron chi connectivity index (χ0n) is 23.2. The summed E-state index contributed by atoms with van der Waals surface area (Å²) < 4.78 is 0. The number of allylic oxidation sites excluding steroid dienone is 2. The van der Waals surface area contributed by atoms with E-state index in [-0.39, 0.29) is 44.3 Å². The molecule has 0 radical (unpaired) electrons. The Morgan fingerprint density at radius 3 is 2.26 bits per heavy atom. The van der Waals surface area contributed by atoms with Gasteiger partial charge in [0.1, 0.15) is 0 Å². The van der Waals surface area contributed by atoms with Crippen LogP contribution in [0.2, 0.25) is 0 Å². The van der Waals surface area contributed by atoms with Crippen LogP contribution >= 0.6 is 0 Å². The third-order valence-corrected chi connectivity index (χ3v) is 13.2. The van der Waals surface area contributed by atoms with Crippen LogP contribution in [0.3, 0.4) is 0 Å². The highest BCUT2D eigenvalue weighted by atomic mass is 16.3. The molecule has 0 spiro atoms. The first-order valence-electron chi connectivity index (χ1n) is 14.2. The second kappa shape index (κ2) is 7.57. The fraction of sp³-hybridized carbons (Fsp3) is 0.900. The predicted molar refractivity (Wildman–Crippen MR) is 139 cm³/mol. The van der Waals surface area contributed by atoms with Crippen molar-refractivity contribution in [1.82, 2.24) is 5.43 Å². The molecule has 4 saturated carbocycles. The molecule has 5 nitrogen and oxygen atoms in total. The maximum atomic E-state index is 13.3. The summed E-state index contributed by atoms with van der Waals surface area (Å²) in [7, 11) is 0.